The molecule has 0 radical (unpaired) electrons. The molecule has 1 atom stereocenters. The number of hydrogen-bond acceptors (Lipinski definition) is 5. The number of carbonyl (C=O) groups is 2. The van der Waals surface area contributed by atoms with Crippen LogP contribution in [0.4, 0.5) is 0 Å². The molecule has 6 nitrogen and oxygen atoms in total. The van der Waals surface area contributed by atoms with E-state index in [0.29, 0.717) is 24.6 Å². The van der Waals surface area contributed by atoms with Crippen LogP contribution in [0.1, 0.15) is 38.2 Å². The number of hydrogen-bond donors (Lipinski definition) is 2. The second-order valence-electron chi connectivity index (χ2n) is 8.03. The number of rotatable bonds is 9. The molecule has 174 valence electrons. The second-order valence-corrected chi connectivity index (χ2v) is 8.03. The van der Waals surface area contributed by atoms with Crippen LogP contribution in [0, 0.1) is 11.8 Å². The lowest BCUT2D eigenvalue weighted by Gasteiger charge is -2.28. The Bertz CT molecular complexity index is 854. The number of para-hydroxylation sites is 1. The molecule has 0 aromatic heterocycles. The Kier molecular flexibility index (Phi) is 10.5. The molecule has 3 rings (SSSR count). The maximum absolute atomic E-state index is 12.8. The first kappa shape index (κ1) is 25.7. The van der Waals surface area contributed by atoms with Gasteiger partial charge in [-0.25, -0.2) is 4.79 Å². The normalized spacial score (nSPS) is 18.7. The summed E-state index contributed by atoms with van der Waals surface area (Å²) >= 11 is 0. The first-order valence-corrected chi connectivity index (χ1v) is 11.1. The Morgan fingerprint density at radius 2 is 1.72 bits per heavy atom. The van der Waals surface area contributed by atoms with E-state index in [4.69, 9.17) is 15.2 Å². The summed E-state index contributed by atoms with van der Waals surface area (Å²) in [5, 5.41) is 2.94. The molecule has 1 fully saturated rings. The number of ether oxygens (including phenoxy) is 2. The second kappa shape index (κ2) is 13.1. The largest absolute Gasteiger partial charge is 0.464 e. The number of esters is 1. The van der Waals surface area contributed by atoms with Gasteiger partial charge in [0.15, 0.2) is 0 Å². The Morgan fingerprint density at radius 3 is 2.38 bits per heavy atom. The van der Waals surface area contributed by atoms with Crippen LogP contribution in [0.25, 0.3) is 0 Å². The minimum absolute atomic E-state index is 0. The van der Waals surface area contributed by atoms with E-state index in [-0.39, 0.29) is 30.8 Å². The fourth-order valence-corrected chi connectivity index (χ4v) is 3.98. The third kappa shape index (κ3) is 7.53. The van der Waals surface area contributed by atoms with Gasteiger partial charge in [-0.05, 0) is 74.9 Å². The van der Waals surface area contributed by atoms with Crippen molar-refractivity contribution in [2.24, 2.45) is 17.6 Å². The molecule has 1 saturated carbocycles. The van der Waals surface area contributed by atoms with Gasteiger partial charge in [-0.2, -0.15) is 0 Å². The number of amides is 1. The van der Waals surface area contributed by atoms with Gasteiger partial charge in [-0.15, -0.1) is 12.4 Å². The summed E-state index contributed by atoms with van der Waals surface area (Å²) in [6.07, 6.45) is 3.87. The predicted octanol–water partition coefficient (Wildman–Crippen LogP) is 4.26. The molecular weight excluding hydrogens is 428 g/mol. The summed E-state index contributed by atoms with van der Waals surface area (Å²) < 4.78 is 11.1. The van der Waals surface area contributed by atoms with Crippen LogP contribution < -0.4 is 15.8 Å². The van der Waals surface area contributed by atoms with Crippen LogP contribution in [0.15, 0.2) is 54.6 Å². The van der Waals surface area contributed by atoms with E-state index in [0.717, 1.165) is 37.0 Å². The van der Waals surface area contributed by atoms with Gasteiger partial charge < -0.3 is 20.5 Å². The van der Waals surface area contributed by atoms with Crippen molar-refractivity contribution in [3.8, 4) is 11.5 Å². The first-order valence-electron chi connectivity index (χ1n) is 11.1. The van der Waals surface area contributed by atoms with Gasteiger partial charge in [0.05, 0.1) is 6.61 Å². The van der Waals surface area contributed by atoms with Gasteiger partial charge in [-0.3, -0.25) is 4.79 Å². The molecule has 1 amide bonds. The van der Waals surface area contributed by atoms with E-state index in [2.05, 4.69) is 5.32 Å². The van der Waals surface area contributed by atoms with Crippen molar-refractivity contribution in [3.05, 3.63) is 60.2 Å². The molecule has 2 aromatic carbocycles. The minimum Gasteiger partial charge on any atom is -0.464 e. The highest BCUT2D eigenvalue weighted by Gasteiger charge is 2.29. The molecule has 1 aliphatic carbocycles. The first-order chi connectivity index (χ1) is 15.1. The van der Waals surface area contributed by atoms with E-state index in [1.807, 2.05) is 54.6 Å². The number of nitrogens with two attached hydrogens (primary N) is 1. The van der Waals surface area contributed by atoms with Crippen LogP contribution in [0.2, 0.25) is 0 Å². The van der Waals surface area contributed by atoms with Gasteiger partial charge in [0.25, 0.3) is 0 Å². The maximum Gasteiger partial charge on any atom is 0.328 e. The Morgan fingerprint density at radius 1 is 1.03 bits per heavy atom. The molecule has 3 N–H and O–H groups in total. The van der Waals surface area contributed by atoms with Gasteiger partial charge in [-0.1, -0.05) is 30.3 Å². The monoisotopic (exact) mass is 460 g/mol. The summed E-state index contributed by atoms with van der Waals surface area (Å²) in [6.45, 7) is 2.70. The smallest absolute Gasteiger partial charge is 0.328 e. The number of carbonyl (C=O) groups excluding carboxylic acids is 2. The summed E-state index contributed by atoms with van der Waals surface area (Å²) in [5.41, 5.74) is 6.64. The Labute approximate surface area is 196 Å². The molecule has 1 unspecified atom stereocenters. The third-order valence-corrected chi connectivity index (χ3v) is 5.76. The molecule has 2 aromatic rings. The van der Waals surface area contributed by atoms with E-state index < -0.39 is 12.0 Å². The molecule has 32 heavy (non-hydrogen) atoms. The SMILES string of the molecule is CCOC(=O)C(Cc1cccc(Oc2ccccc2)c1)NC(=O)C1CCC(CN)CC1.Cl. The average molecular weight is 461 g/mol. The third-order valence-electron chi connectivity index (χ3n) is 5.76. The maximum atomic E-state index is 12.8. The Hall–Kier alpha value is -2.57. The molecule has 0 bridgehead atoms. The summed E-state index contributed by atoms with van der Waals surface area (Å²) in [7, 11) is 0. The predicted molar refractivity (Wildman–Crippen MR) is 127 cm³/mol. The van der Waals surface area contributed by atoms with Crippen LogP contribution in [-0.2, 0) is 20.7 Å². The van der Waals surface area contributed by atoms with Crippen molar-refractivity contribution >= 4 is 24.3 Å². The van der Waals surface area contributed by atoms with Crippen LogP contribution in [0.3, 0.4) is 0 Å². The zero-order chi connectivity index (χ0) is 22.1. The van der Waals surface area contributed by atoms with E-state index >= 15 is 0 Å². The van der Waals surface area contributed by atoms with Gasteiger partial charge >= 0.3 is 5.97 Å². The zero-order valence-electron chi connectivity index (χ0n) is 18.5. The topological polar surface area (TPSA) is 90.6 Å². The molecule has 0 saturated heterocycles. The van der Waals surface area contributed by atoms with Crippen molar-refractivity contribution in [2.75, 3.05) is 13.2 Å². The highest BCUT2D eigenvalue weighted by atomic mass is 35.5. The minimum atomic E-state index is -0.730. The fraction of sp³-hybridized carbons (Fsp3) is 0.440. The van der Waals surface area contributed by atoms with Crippen molar-refractivity contribution in [1.29, 1.82) is 0 Å². The van der Waals surface area contributed by atoms with Crippen molar-refractivity contribution in [3.63, 3.8) is 0 Å². The van der Waals surface area contributed by atoms with E-state index in [1.54, 1.807) is 6.92 Å². The lowest BCUT2D eigenvalue weighted by Crippen LogP contribution is -2.46. The quantitative estimate of drug-likeness (QED) is 0.546. The molecular formula is C25H33ClN2O4. The molecule has 0 spiro atoms. The lowest BCUT2D eigenvalue weighted by atomic mass is 9.81. The number of benzene rings is 2. The highest BCUT2D eigenvalue weighted by Crippen LogP contribution is 2.28. The number of nitrogens with one attached hydrogen (secondary N) is 1. The molecule has 7 heteroatoms. The summed E-state index contributed by atoms with van der Waals surface area (Å²) in [6, 6.07) is 16.3. The fourth-order valence-electron chi connectivity index (χ4n) is 3.98. The standard InChI is InChI=1S/C25H32N2O4.ClH/c1-2-30-25(29)23(27-24(28)20-13-11-18(17-26)12-14-20)16-19-7-6-10-22(15-19)31-21-8-4-3-5-9-21;/h3-10,15,18,20,23H,2,11-14,16-17,26H2,1H3,(H,27,28);1H. The van der Waals surface area contributed by atoms with Crippen LogP contribution in [-0.4, -0.2) is 31.1 Å². The number of halogens is 1. The molecule has 0 aliphatic heterocycles. The van der Waals surface area contributed by atoms with Gasteiger partial charge in [0, 0.05) is 12.3 Å². The van der Waals surface area contributed by atoms with Gasteiger partial charge in [0.1, 0.15) is 17.5 Å². The van der Waals surface area contributed by atoms with Crippen molar-refractivity contribution in [1.82, 2.24) is 5.32 Å². The van der Waals surface area contributed by atoms with Crippen LogP contribution in [0.5, 0.6) is 11.5 Å². The average Bonchev–Trinajstić information content (AvgIpc) is 2.80. The van der Waals surface area contributed by atoms with E-state index in [1.165, 1.54) is 0 Å². The lowest BCUT2D eigenvalue weighted by molar-refractivity contribution is -0.148. The Balaban J connectivity index is 0.00000363. The van der Waals surface area contributed by atoms with E-state index in [9.17, 15) is 9.59 Å². The van der Waals surface area contributed by atoms with Gasteiger partial charge in [0.2, 0.25) is 5.91 Å². The highest BCUT2D eigenvalue weighted by molar-refractivity contribution is 5.86. The van der Waals surface area contributed by atoms with Crippen LogP contribution >= 0.6 is 12.4 Å². The summed E-state index contributed by atoms with van der Waals surface area (Å²) in [5.74, 6) is 1.34. The molecule has 0 heterocycles. The molecule has 1 aliphatic rings. The zero-order valence-corrected chi connectivity index (χ0v) is 19.3. The summed E-state index contributed by atoms with van der Waals surface area (Å²) in [4.78, 5) is 25.4. The van der Waals surface area contributed by atoms with Crippen molar-refractivity contribution < 1.29 is 19.1 Å². The van der Waals surface area contributed by atoms with Crippen molar-refractivity contribution in [2.45, 2.75) is 45.1 Å².